The van der Waals surface area contributed by atoms with E-state index in [1.165, 1.54) is 64.2 Å². The summed E-state index contributed by atoms with van der Waals surface area (Å²) in [5.41, 5.74) is 0. The Balaban J connectivity index is 4.51. The first-order chi connectivity index (χ1) is 33.5. The summed E-state index contributed by atoms with van der Waals surface area (Å²) in [6.45, 7) is 6.20. The predicted octanol–water partition coefficient (Wildman–Crippen LogP) is 18.3. The molecule has 1 unspecified atom stereocenters. The number of hydrogen-bond acceptors (Lipinski definition) is 6. The summed E-state index contributed by atoms with van der Waals surface area (Å²) < 4.78 is 16.8. The van der Waals surface area contributed by atoms with E-state index >= 15 is 0 Å². The Hall–Kier alpha value is -4.45. The van der Waals surface area contributed by atoms with E-state index in [1.807, 2.05) is 12.2 Å². The lowest BCUT2D eigenvalue weighted by molar-refractivity contribution is -0.166. The number of unbranched alkanes of at least 4 members (excludes halogenated alkanes) is 16. The van der Waals surface area contributed by atoms with Crippen molar-refractivity contribution in [2.24, 2.45) is 0 Å². The zero-order valence-corrected chi connectivity index (χ0v) is 43.6. The van der Waals surface area contributed by atoms with Crippen molar-refractivity contribution in [2.45, 2.75) is 226 Å². The molecule has 0 aromatic rings. The van der Waals surface area contributed by atoms with Crippen LogP contribution in [0.5, 0.6) is 0 Å². The molecule has 6 heteroatoms. The Kier molecular flexibility index (Phi) is 51.5. The Morgan fingerprint density at radius 2 is 0.632 bits per heavy atom. The summed E-state index contributed by atoms with van der Waals surface area (Å²) in [4.78, 5) is 38.1. The minimum atomic E-state index is -0.830. The van der Waals surface area contributed by atoms with Gasteiger partial charge in [-0.05, 0) is 103 Å². The number of hydrogen-bond donors (Lipinski definition) is 0. The third-order valence-electron chi connectivity index (χ3n) is 11.0. The zero-order chi connectivity index (χ0) is 49.3. The van der Waals surface area contributed by atoms with Crippen molar-refractivity contribution in [3.8, 4) is 0 Å². The van der Waals surface area contributed by atoms with Crippen LogP contribution in [0.1, 0.15) is 220 Å². The number of ether oxygens (including phenoxy) is 3. The highest BCUT2D eigenvalue weighted by Crippen LogP contribution is 2.14. The van der Waals surface area contributed by atoms with Crippen LogP contribution in [0, 0.1) is 0 Å². The average molecular weight is 939 g/mol. The molecule has 0 saturated carbocycles. The molecule has 0 aromatic carbocycles. The minimum Gasteiger partial charge on any atom is -0.462 e. The Bertz CT molecular complexity index is 1500. The van der Waals surface area contributed by atoms with E-state index in [0.717, 1.165) is 109 Å². The van der Waals surface area contributed by atoms with Gasteiger partial charge in [0.25, 0.3) is 0 Å². The summed E-state index contributed by atoms with van der Waals surface area (Å²) in [6, 6.07) is 0. The lowest BCUT2D eigenvalue weighted by atomic mass is 10.1. The zero-order valence-electron chi connectivity index (χ0n) is 43.6. The molecular weight excluding hydrogens is 841 g/mol. The highest BCUT2D eigenvalue weighted by atomic mass is 16.6. The molecule has 0 aromatic heterocycles. The van der Waals surface area contributed by atoms with Crippen LogP contribution in [0.4, 0.5) is 0 Å². The fourth-order valence-electron chi connectivity index (χ4n) is 6.98. The quantitative estimate of drug-likeness (QED) is 0.0199. The van der Waals surface area contributed by atoms with E-state index in [1.54, 1.807) is 0 Å². The number of allylic oxidation sites excluding steroid dienone is 22. The highest BCUT2D eigenvalue weighted by molar-refractivity contribution is 5.71. The Morgan fingerprint density at radius 3 is 1.04 bits per heavy atom. The molecule has 0 bridgehead atoms. The van der Waals surface area contributed by atoms with Gasteiger partial charge in [-0.15, -0.1) is 0 Å². The van der Waals surface area contributed by atoms with Gasteiger partial charge in [-0.2, -0.15) is 0 Å². The first-order valence-corrected chi connectivity index (χ1v) is 27.2. The van der Waals surface area contributed by atoms with Gasteiger partial charge < -0.3 is 14.2 Å². The van der Waals surface area contributed by atoms with Crippen LogP contribution in [0.15, 0.2) is 134 Å². The van der Waals surface area contributed by atoms with Crippen molar-refractivity contribution in [1.29, 1.82) is 0 Å². The van der Waals surface area contributed by atoms with Crippen LogP contribution in [-0.2, 0) is 28.6 Å². The SMILES string of the molecule is CC\C=C/C=C\C=C/CCCCCCCCCC(=O)OCC(COC(=O)CCCCCCCCCCC/C=C\C/C=C\C/C=C\CC)OC(=O)CC/C=C\C/C=C\C/C=C\C/C=C\C/C=C\CC. The maximum absolute atomic E-state index is 12.8. The van der Waals surface area contributed by atoms with Gasteiger partial charge in [0.05, 0.1) is 0 Å². The van der Waals surface area contributed by atoms with Crippen molar-refractivity contribution < 1.29 is 28.6 Å². The Labute approximate surface area is 417 Å². The van der Waals surface area contributed by atoms with Crippen LogP contribution in [-0.4, -0.2) is 37.2 Å². The third-order valence-corrected chi connectivity index (χ3v) is 11.0. The summed E-state index contributed by atoms with van der Waals surface area (Å²) in [7, 11) is 0. The van der Waals surface area contributed by atoms with Gasteiger partial charge >= 0.3 is 17.9 Å². The molecule has 0 heterocycles. The second-order valence-corrected chi connectivity index (χ2v) is 17.4. The van der Waals surface area contributed by atoms with E-state index in [2.05, 4.69) is 142 Å². The van der Waals surface area contributed by atoms with E-state index < -0.39 is 12.1 Å². The summed E-state index contributed by atoms with van der Waals surface area (Å²) in [6.07, 6.45) is 77.3. The molecule has 382 valence electrons. The van der Waals surface area contributed by atoms with Gasteiger partial charge in [0.2, 0.25) is 0 Å². The van der Waals surface area contributed by atoms with Crippen LogP contribution < -0.4 is 0 Å². The van der Waals surface area contributed by atoms with Crippen molar-refractivity contribution in [2.75, 3.05) is 13.2 Å². The number of carbonyl (C=O) groups excluding carboxylic acids is 3. The smallest absolute Gasteiger partial charge is 0.306 e. The van der Waals surface area contributed by atoms with Gasteiger partial charge in [-0.1, -0.05) is 231 Å². The molecule has 0 rings (SSSR count). The molecule has 0 spiro atoms. The van der Waals surface area contributed by atoms with Crippen LogP contribution in [0.3, 0.4) is 0 Å². The van der Waals surface area contributed by atoms with Crippen LogP contribution in [0.25, 0.3) is 0 Å². The molecule has 0 radical (unpaired) electrons. The Morgan fingerprint density at radius 1 is 0.309 bits per heavy atom. The van der Waals surface area contributed by atoms with Gasteiger partial charge in [0, 0.05) is 19.3 Å². The number of rotatable bonds is 47. The first-order valence-electron chi connectivity index (χ1n) is 27.2. The van der Waals surface area contributed by atoms with Crippen molar-refractivity contribution in [3.63, 3.8) is 0 Å². The molecule has 0 fully saturated rings. The van der Waals surface area contributed by atoms with E-state index in [-0.39, 0.29) is 31.6 Å². The average Bonchev–Trinajstić information content (AvgIpc) is 3.34. The number of esters is 3. The minimum absolute atomic E-state index is 0.119. The fourth-order valence-corrected chi connectivity index (χ4v) is 6.98. The normalized spacial score (nSPS) is 13.2. The van der Waals surface area contributed by atoms with Crippen LogP contribution >= 0.6 is 0 Å². The molecule has 1 atom stereocenters. The number of carbonyl (C=O) groups is 3. The standard InChI is InChI=1S/C62H98O6/c1-4-7-10-13-16-19-22-25-28-30-31-32-35-37-40-43-46-49-52-55-61(64)67-58-59(57-66-60(63)54-51-48-45-42-39-36-33-27-24-21-18-15-12-9-6-3)68-62(65)56-53-50-47-44-41-38-34-29-26-23-20-17-14-11-8-5-2/h7-12,15-21,24-26,28-29,38,41,47,50,59H,4-6,13-14,22-23,27,30-37,39-40,42-46,48-49,51-58H2,1-3H3/b10-7-,11-8-,12-9-,18-15-,19-16-,20-17-,24-21-,28-25-,29-26-,41-38-,50-47-. The summed E-state index contributed by atoms with van der Waals surface area (Å²) in [5, 5.41) is 0. The molecular formula is C62H98O6. The van der Waals surface area contributed by atoms with Crippen molar-refractivity contribution in [1.82, 2.24) is 0 Å². The molecule has 0 aliphatic carbocycles. The van der Waals surface area contributed by atoms with E-state index in [9.17, 15) is 14.4 Å². The molecule has 0 saturated heterocycles. The van der Waals surface area contributed by atoms with Crippen LogP contribution in [0.2, 0.25) is 0 Å². The van der Waals surface area contributed by atoms with E-state index in [4.69, 9.17) is 14.2 Å². The fraction of sp³-hybridized carbons (Fsp3) is 0.597. The maximum atomic E-state index is 12.8. The van der Waals surface area contributed by atoms with Crippen molar-refractivity contribution >= 4 is 17.9 Å². The molecule has 68 heavy (non-hydrogen) atoms. The molecule has 0 amide bonds. The summed E-state index contributed by atoms with van der Waals surface area (Å²) >= 11 is 0. The van der Waals surface area contributed by atoms with Crippen molar-refractivity contribution in [3.05, 3.63) is 134 Å². The van der Waals surface area contributed by atoms with Gasteiger partial charge in [0.15, 0.2) is 6.10 Å². The van der Waals surface area contributed by atoms with Gasteiger partial charge in [-0.25, -0.2) is 0 Å². The lowest BCUT2D eigenvalue weighted by Crippen LogP contribution is -2.30. The predicted molar refractivity (Wildman–Crippen MR) is 292 cm³/mol. The first kappa shape index (κ1) is 63.5. The molecule has 0 aliphatic rings. The lowest BCUT2D eigenvalue weighted by Gasteiger charge is -2.18. The highest BCUT2D eigenvalue weighted by Gasteiger charge is 2.19. The maximum Gasteiger partial charge on any atom is 0.306 e. The topological polar surface area (TPSA) is 78.9 Å². The second-order valence-electron chi connectivity index (χ2n) is 17.4. The molecule has 0 N–H and O–H groups in total. The molecule has 6 nitrogen and oxygen atoms in total. The second kappa shape index (κ2) is 55.1. The summed E-state index contributed by atoms with van der Waals surface area (Å²) in [5.74, 6) is -1.03. The monoisotopic (exact) mass is 939 g/mol. The van der Waals surface area contributed by atoms with Gasteiger partial charge in [0.1, 0.15) is 13.2 Å². The van der Waals surface area contributed by atoms with Gasteiger partial charge in [-0.3, -0.25) is 14.4 Å². The molecule has 0 aliphatic heterocycles. The largest absolute Gasteiger partial charge is 0.462 e. The van der Waals surface area contributed by atoms with E-state index in [0.29, 0.717) is 19.3 Å². The third kappa shape index (κ3) is 52.5.